The number of nitrogens with zero attached hydrogens (tertiary/aromatic N) is 1. The number of rotatable bonds is 5. The average molecular weight is 337 g/mol. The molecule has 1 aliphatic rings. The molecule has 1 atom stereocenters. The van der Waals surface area contributed by atoms with Crippen LogP contribution in [-0.4, -0.2) is 29.8 Å². The number of hydrogen-bond acceptors (Lipinski definition) is 3. The van der Waals surface area contributed by atoms with Gasteiger partial charge in [-0.25, -0.2) is 0 Å². The summed E-state index contributed by atoms with van der Waals surface area (Å²) in [5.41, 5.74) is 8.24. The highest BCUT2D eigenvalue weighted by Crippen LogP contribution is 2.18. The smallest absolute Gasteiger partial charge is 0.253 e. The summed E-state index contributed by atoms with van der Waals surface area (Å²) in [6.45, 7) is 1.61. The van der Waals surface area contributed by atoms with Gasteiger partial charge in [0.15, 0.2) is 0 Å². The van der Waals surface area contributed by atoms with Gasteiger partial charge in [-0.15, -0.1) is 0 Å². The van der Waals surface area contributed by atoms with Gasteiger partial charge in [0.2, 0.25) is 5.91 Å². The minimum Gasteiger partial charge on any atom is -0.339 e. The first kappa shape index (κ1) is 17.2. The van der Waals surface area contributed by atoms with Gasteiger partial charge in [-0.3, -0.25) is 9.59 Å². The Labute approximate surface area is 147 Å². The van der Waals surface area contributed by atoms with Crippen molar-refractivity contribution in [2.24, 2.45) is 5.73 Å². The molecule has 0 radical (unpaired) electrons. The quantitative estimate of drug-likeness (QED) is 0.881. The fraction of sp³-hybridized carbons (Fsp3) is 0.300. The van der Waals surface area contributed by atoms with E-state index < -0.39 is 0 Å². The number of carbonyl (C=O) groups is 2. The molecule has 5 heteroatoms. The van der Waals surface area contributed by atoms with Crippen molar-refractivity contribution < 1.29 is 9.59 Å². The van der Waals surface area contributed by atoms with Crippen LogP contribution in [0.2, 0.25) is 0 Å². The van der Waals surface area contributed by atoms with Crippen LogP contribution in [0.3, 0.4) is 0 Å². The lowest BCUT2D eigenvalue weighted by Gasteiger charge is -2.16. The lowest BCUT2D eigenvalue weighted by molar-refractivity contribution is -0.116. The van der Waals surface area contributed by atoms with Gasteiger partial charge < -0.3 is 16.0 Å². The van der Waals surface area contributed by atoms with E-state index in [0.29, 0.717) is 11.3 Å². The van der Waals surface area contributed by atoms with E-state index in [2.05, 4.69) is 5.32 Å². The Morgan fingerprint density at radius 2 is 1.76 bits per heavy atom. The molecule has 2 aromatic carbocycles. The van der Waals surface area contributed by atoms with Crippen molar-refractivity contribution in [2.75, 3.05) is 18.4 Å². The minimum absolute atomic E-state index is 0.0228. The second-order valence-electron chi connectivity index (χ2n) is 6.35. The van der Waals surface area contributed by atoms with Gasteiger partial charge in [-0.05, 0) is 36.6 Å². The van der Waals surface area contributed by atoms with Crippen LogP contribution in [0.4, 0.5) is 5.69 Å². The number of likely N-dealkylation sites (tertiary alicyclic amines) is 1. The standard InChI is InChI=1S/C20H23N3O2/c21-18(15-7-2-1-3-8-15)14-19(24)22-17-10-6-9-16(13-17)20(25)23-11-4-5-12-23/h1-3,6-10,13,18H,4-5,11-12,14,21H2,(H,22,24)/t18-/m0/s1. The number of hydrogen-bond donors (Lipinski definition) is 2. The Morgan fingerprint density at radius 3 is 2.48 bits per heavy atom. The molecule has 0 bridgehead atoms. The Morgan fingerprint density at radius 1 is 1.04 bits per heavy atom. The van der Waals surface area contributed by atoms with Crippen molar-refractivity contribution >= 4 is 17.5 Å². The number of nitrogens with one attached hydrogen (secondary N) is 1. The topological polar surface area (TPSA) is 75.4 Å². The van der Waals surface area contributed by atoms with Crippen molar-refractivity contribution in [3.05, 3.63) is 65.7 Å². The van der Waals surface area contributed by atoms with Crippen LogP contribution < -0.4 is 11.1 Å². The monoisotopic (exact) mass is 337 g/mol. The molecular weight excluding hydrogens is 314 g/mol. The third kappa shape index (κ3) is 4.45. The molecule has 1 fully saturated rings. The van der Waals surface area contributed by atoms with E-state index in [4.69, 9.17) is 5.73 Å². The van der Waals surface area contributed by atoms with Crippen LogP contribution in [0, 0.1) is 0 Å². The molecule has 0 aliphatic carbocycles. The lowest BCUT2D eigenvalue weighted by Crippen LogP contribution is -2.27. The third-order valence-corrected chi connectivity index (χ3v) is 4.42. The summed E-state index contributed by atoms with van der Waals surface area (Å²) in [6, 6.07) is 16.3. The van der Waals surface area contributed by atoms with E-state index in [1.54, 1.807) is 24.3 Å². The zero-order valence-electron chi connectivity index (χ0n) is 14.2. The minimum atomic E-state index is -0.351. The summed E-state index contributed by atoms with van der Waals surface area (Å²) in [6.07, 6.45) is 2.30. The predicted octanol–water partition coefficient (Wildman–Crippen LogP) is 2.95. The lowest BCUT2D eigenvalue weighted by atomic mass is 10.0. The maximum atomic E-state index is 12.4. The number of amides is 2. The van der Waals surface area contributed by atoms with E-state index >= 15 is 0 Å². The van der Waals surface area contributed by atoms with Crippen LogP contribution in [-0.2, 0) is 4.79 Å². The van der Waals surface area contributed by atoms with Gasteiger partial charge in [0.05, 0.1) is 0 Å². The van der Waals surface area contributed by atoms with Crippen LogP contribution >= 0.6 is 0 Å². The molecule has 3 rings (SSSR count). The molecule has 2 aromatic rings. The van der Waals surface area contributed by atoms with Crippen LogP contribution in [0.1, 0.15) is 41.2 Å². The summed E-state index contributed by atoms with van der Waals surface area (Å²) in [5.74, 6) is -0.142. The summed E-state index contributed by atoms with van der Waals surface area (Å²) in [4.78, 5) is 26.5. The average Bonchev–Trinajstić information content (AvgIpc) is 3.16. The third-order valence-electron chi connectivity index (χ3n) is 4.42. The van der Waals surface area contributed by atoms with E-state index in [-0.39, 0.29) is 24.3 Å². The molecule has 1 saturated heterocycles. The van der Waals surface area contributed by atoms with Gasteiger partial charge >= 0.3 is 0 Å². The molecule has 25 heavy (non-hydrogen) atoms. The fourth-order valence-electron chi connectivity index (χ4n) is 3.06. The molecule has 0 saturated carbocycles. The van der Waals surface area contributed by atoms with Crippen molar-refractivity contribution in [1.29, 1.82) is 0 Å². The first-order valence-corrected chi connectivity index (χ1v) is 8.63. The number of anilines is 1. The summed E-state index contributed by atoms with van der Waals surface area (Å²) in [5, 5.41) is 2.84. The zero-order valence-corrected chi connectivity index (χ0v) is 14.2. The fourth-order valence-corrected chi connectivity index (χ4v) is 3.06. The van der Waals surface area contributed by atoms with E-state index in [9.17, 15) is 9.59 Å². The summed E-state index contributed by atoms with van der Waals surface area (Å²) < 4.78 is 0. The number of carbonyl (C=O) groups excluding carboxylic acids is 2. The van der Waals surface area contributed by atoms with Crippen molar-refractivity contribution in [2.45, 2.75) is 25.3 Å². The molecule has 0 spiro atoms. The van der Waals surface area contributed by atoms with Crippen LogP contribution in [0.5, 0.6) is 0 Å². The Kier molecular flexibility index (Phi) is 5.46. The second kappa shape index (κ2) is 7.94. The molecular formula is C20H23N3O2. The second-order valence-corrected chi connectivity index (χ2v) is 6.35. The van der Waals surface area contributed by atoms with E-state index in [0.717, 1.165) is 31.5 Å². The Hall–Kier alpha value is -2.66. The van der Waals surface area contributed by atoms with Crippen molar-refractivity contribution in [3.63, 3.8) is 0 Å². The zero-order chi connectivity index (χ0) is 17.6. The largest absolute Gasteiger partial charge is 0.339 e. The molecule has 0 aromatic heterocycles. The van der Waals surface area contributed by atoms with Crippen molar-refractivity contribution in [1.82, 2.24) is 4.90 Å². The summed E-state index contributed by atoms with van der Waals surface area (Å²) in [7, 11) is 0. The molecule has 0 unspecified atom stereocenters. The normalized spacial score (nSPS) is 15.0. The molecule has 5 nitrogen and oxygen atoms in total. The van der Waals surface area contributed by atoms with E-state index in [1.807, 2.05) is 35.2 Å². The number of nitrogens with two attached hydrogens (primary N) is 1. The van der Waals surface area contributed by atoms with Gasteiger partial charge in [0, 0.05) is 36.8 Å². The highest BCUT2D eigenvalue weighted by atomic mass is 16.2. The highest BCUT2D eigenvalue weighted by Gasteiger charge is 2.20. The first-order valence-electron chi connectivity index (χ1n) is 8.63. The van der Waals surface area contributed by atoms with Crippen LogP contribution in [0.15, 0.2) is 54.6 Å². The maximum absolute atomic E-state index is 12.4. The molecule has 1 aliphatic heterocycles. The summed E-state index contributed by atoms with van der Waals surface area (Å²) >= 11 is 0. The Bertz CT molecular complexity index is 740. The maximum Gasteiger partial charge on any atom is 0.253 e. The van der Waals surface area contributed by atoms with E-state index in [1.165, 1.54) is 0 Å². The molecule has 1 heterocycles. The van der Waals surface area contributed by atoms with Gasteiger partial charge in [0.1, 0.15) is 0 Å². The van der Waals surface area contributed by atoms with Crippen LogP contribution in [0.25, 0.3) is 0 Å². The Balaban J connectivity index is 1.61. The van der Waals surface area contributed by atoms with Gasteiger partial charge in [-0.1, -0.05) is 36.4 Å². The SMILES string of the molecule is N[C@@H](CC(=O)Nc1cccc(C(=O)N2CCCC2)c1)c1ccccc1. The van der Waals surface area contributed by atoms with Crippen molar-refractivity contribution in [3.8, 4) is 0 Å². The number of benzene rings is 2. The van der Waals surface area contributed by atoms with Gasteiger partial charge in [0.25, 0.3) is 5.91 Å². The predicted molar refractivity (Wildman–Crippen MR) is 98.2 cm³/mol. The molecule has 3 N–H and O–H groups in total. The first-order chi connectivity index (χ1) is 12.1. The highest BCUT2D eigenvalue weighted by molar-refractivity contribution is 5.97. The molecule has 130 valence electrons. The molecule has 2 amide bonds. The van der Waals surface area contributed by atoms with Gasteiger partial charge in [-0.2, -0.15) is 0 Å².